The number of hydrogen-bond acceptors (Lipinski definition) is 1. The van der Waals surface area contributed by atoms with Gasteiger partial charge in [0.25, 0.3) is 0 Å². The Kier molecular flexibility index (Phi) is 12.3. The van der Waals surface area contributed by atoms with Crippen molar-refractivity contribution in [3.63, 3.8) is 0 Å². The standard InChI is InChI=1S/C13H9.C13H10.C7H10N.2CH3.Zr/c1-3-7-12-10(5-1)9-11-6-2-4-8-13(11)12;1-3-7-12(8-4-1)11-13-9-5-2-6-10-13;1-8(2)7-5-3-4-6-7;;;/h1-9H;1-10H;5-6H,3H2,1-2H3;2*1H3;/q-1;;3*-1;. The van der Waals surface area contributed by atoms with Crippen molar-refractivity contribution in [2.75, 3.05) is 14.1 Å². The molecule has 0 fully saturated rings. The predicted molar refractivity (Wildman–Crippen MR) is 160 cm³/mol. The Morgan fingerprint density at radius 1 is 0.676 bits per heavy atom. The van der Waals surface area contributed by atoms with Crippen LogP contribution in [-0.2, 0) is 24.2 Å². The van der Waals surface area contributed by atoms with Crippen molar-refractivity contribution < 1.29 is 24.2 Å². The first-order valence-corrected chi connectivity index (χ1v) is 13.0. The van der Waals surface area contributed by atoms with Gasteiger partial charge in [0.1, 0.15) is 0 Å². The van der Waals surface area contributed by atoms with Crippen molar-refractivity contribution in [1.82, 2.24) is 4.90 Å². The molecule has 0 atom stereocenters. The van der Waals surface area contributed by atoms with Gasteiger partial charge in [-0.2, -0.15) is 6.08 Å². The average molecular weight is 561 g/mol. The molecule has 0 N–H and O–H groups in total. The van der Waals surface area contributed by atoms with Crippen LogP contribution in [0.5, 0.6) is 0 Å². The molecule has 1 aliphatic rings. The minimum absolute atomic E-state index is 0. The number of hydrogen-bond donors (Lipinski definition) is 0. The minimum Gasteiger partial charge on any atom is -0.126 e. The van der Waals surface area contributed by atoms with Gasteiger partial charge >= 0.3 is 99.2 Å². The zero-order chi connectivity index (χ0) is 24.5. The fourth-order valence-corrected chi connectivity index (χ4v) is 4.80. The van der Waals surface area contributed by atoms with E-state index in [1.807, 2.05) is 20.2 Å². The molecule has 0 aromatic heterocycles. The summed E-state index contributed by atoms with van der Waals surface area (Å²) < 4.78 is 1.42. The van der Waals surface area contributed by atoms with Gasteiger partial charge in [-0.05, 0) is 14.1 Å². The van der Waals surface area contributed by atoms with E-state index in [0.717, 1.165) is 6.42 Å². The predicted octanol–water partition coefficient (Wildman–Crippen LogP) is 8.61. The topological polar surface area (TPSA) is 3.24 Å². The summed E-state index contributed by atoms with van der Waals surface area (Å²) in [6, 6.07) is 40.4. The summed E-state index contributed by atoms with van der Waals surface area (Å²) in [5.41, 5.74) is 3.93. The van der Waals surface area contributed by atoms with Crippen LogP contribution >= 0.6 is 0 Å². The van der Waals surface area contributed by atoms with Gasteiger partial charge in [-0.3, -0.25) is 6.08 Å². The van der Waals surface area contributed by atoms with Gasteiger partial charge in [0.15, 0.2) is 0 Å². The zero-order valence-electron chi connectivity index (χ0n) is 22.3. The number of likely N-dealkylation sites (N-methyl/N-ethyl adjacent to an activating group) is 1. The molecule has 0 radical (unpaired) electrons. The second-order valence-electron chi connectivity index (χ2n) is 8.50. The van der Waals surface area contributed by atoms with Crippen molar-refractivity contribution in [3.8, 4) is 0 Å². The zero-order valence-corrected chi connectivity index (χ0v) is 24.7. The molecular formula is C35H35NZr-4. The maximum atomic E-state index is 3.09. The van der Waals surface area contributed by atoms with E-state index in [2.05, 4.69) is 132 Å². The summed E-state index contributed by atoms with van der Waals surface area (Å²) in [6.07, 6.45) is 8.24. The van der Waals surface area contributed by atoms with E-state index in [9.17, 15) is 0 Å². The van der Waals surface area contributed by atoms with Crippen LogP contribution in [0.25, 0.3) is 21.5 Å². The minimum atomic E-state index is 0. The fourth-order valence-electron chi connectivity index (χ4n) is 3.98. The molecule has 0 saturated carbocycles. The van der Waals surface area contributed by atoms with E-state index < -0.39 is 0 Å². The van der Waals surface area contributed by atoms with E-state index >= 15 is 0 Å². The molecule has 5 aromatic rings. The van der Waals surface area contributed by atoms with Crippen LogP contribution in [0.1, 0.15) is 17.5 Å². The Hall–Kier alpha value is -3.22. The number of rotatable bonds is 3. The van der Waals surface area contributed by atoms with Crippen molar-refractivity contribution in [1.29, 1.82) is 0 Å². The molecule has 37 heavy (non-hydrogen) atoms. The van der Waals surface area contributed by atoms with Gasteiger partial charge in [0, 0.05) is 0 Å². The molecule has 0 heterocycles. The number of benzene rings is 4. The smallest absolute Gasteiger partial charge is 0.0771 e. The third kappa shape index (κ3) is 8.14. The number of allylic oxidation sites excluding steroid dienone is 3. The summed E-state index contributed by atoms with van der Waals surface area (Å²) in [6.45, 7) is 0. The summed E-state index contributed by atoms with van der Waals surface area (Å²) in [4.78, 5) is 2.08. The molecule has 0 unspecified atom stereocenters. The third-order valence-corrected chi connectivity index (χ3v) is 7.26. The summed E-state index contributed by atoms with van der Waals surface area (Å²) in [7, 11) is 4.07. The van der Waals surface area contributed by atoms with E-state index in [0.29, 0.717) is 0 Å². The van der Waals surface area contributed by atoms with Crippen molar-refractivity contribution in [3.05, 3.63) is 165 Å². The molecule has 5 aromatic carbocycles. The molecule has 0 saturated heterocycles. The molecule has 2 heteroatoms. The first kappa shape index (κ1) is 30.0. The summed E-state index contributed by atoms with van der Waals surface area (Å²) in [5.74, 6) is 0. The van der Waals surface area contributed by atoms with Crippen LogP contribution in [0.15, 0.2) is 133 Å². The Labute approximate surface area is 238 Å². The normalized spacial score (nSPS) is 11.1. The molecule has 188 valence electrons. The van der Waals surface area contributed by atoms with Crippen LogP contribution in [0, 0.1) is 20.9 Å². The largest absolute Gasteiger partial charge is 0.126 e. The second-order valence-corrected chi connectivity index (χ2v) is 9.73. The molecule has 0 spiro atoms. The summed E-state index contributed by atoms with van der Waals surface area (Å²) in [5, 5.41) is 5.39. The molecule has 0 bridgehead atoms. The van der Waals surface area contributed by atoms with Gasteiger partial charge in [-0.1, -0.05) is 36.4 Å². The molecule has 0 amide bonds. The SMILES string of the molecule is CN(C)C1=CC[C-]=C1.[CH3-].[CH3-].[Zr]=[C](c1ccccc1)c1ccccc1.c1ccc2c(c1)[cH-]c1ccccc12. The number of fused-ring (bicyclic) bond motifs is 3. The van der Waals surface area contributed by atoms with E-state index in [1.165, 1.54) is 65.8 Å². The van der Waals surface area contributed by atoms with Crippen LogP contribution in [0.4, 0.5) is 0 Å². The fraction of sp³-hybridized carbons (Fsp3) is 0.0857. The Balaban J connectivity index is 0.000000197. The van der Waals surface area contributed by atoms with E-state index in [4.69, 9.17) is 0 Å². The molecule has 1 aliphatic carbocycles. The van der Waals surface area contributed by atoms with Crippen molar-refractivity contribution >= 4 is 24.8 Å². The van der Waals surface area contributed by atoms with Gasteiger partial charge in [-0.25, -0.2) is 6.08 Å². The van der Waals surface area contributed by atoms with Crippen LogP contribution < -0.4 is 0 Å². The third-order valence-electron chi connectivity index (χ3n) is 5.84. The Bertz CT molecular complexity index is 1350. The van der Waals surface area contributed by atoms with E-state index in [1.54, 1.807) is 0 Å². The molecule has 0 aliphatic heterocycles. The maximum absolute atomic E-state index is 3.09. The Morgan fingerprint density at radius 2 is 1.11 bits per heavy atom. The number of nitrogens with zero attached hydrogens (tertiary/aromatic N) is 1. The maximum Gasteiger partial charge on any atom is -0.0771 e. The van der Waals surface area contributed by atoms with Crippen LogP contribution in [0.2, 0.25) is 0 Å². The first-order valence-electron chi connectivity index (χ1n) is 11.8. The van der Waals surface area contributed by atoms with Gasteiger partial charge in [-0.15, -0.1) is 51.9 Å². The first-order chi connectivity index (χ1) is 17.1. The van der Waals surface area contributed by atoms with Gasteiger partial charge < -0.3 is 19.8 Å². The molecule has 6 rings (SSSR count). The Morgan fingerprint density at radius 3 is 1.49 bits per heavy atom. The second kappa shape index (κ2) is 15.1. The van der Waals surface area contributed by atoms with Crippen LogP contribution in [0.3, 0.4) is 0 Å². The van der Waals surface area contributed by atoms with Crippen molar-refractivity contribution in [2.45, 2.75) is 6.42 Å². The average Bonchev–Trinajstić information content (AvgIpc) is 3.59. The monoisotopic (exact) mass is 559 g/mol. The summed E-state index contributed by atoms with van der Waals surface area (Å²) >= 11 is 1.46. The molecule has 1 nitrogen and oxygen atoms in total. The molecular weight excluding hydrogens is 526 g/mol. The van der Waals surface area contributed by atoms with Gasteiger partial charge in [0.2, 0.25) is 0 Å². The van der Waals surface area contributed by atoms with E-state index in [-0.39, 0.29) is 14.9 Å². The van der Waals surface area contributed by atoms with Gasteiger partial charge in [0.05, 0.1) is 0 Å². The quantitative estimate of drug-likeness (QED) is 0.200. The van der Waals surface area contributed by atoms with Crippen LogP contribution in [-0.4, -0.2) is 22.2 Å². The van der Waals surface area contributed by atoms with Crippen molar-refractivity contribution in [2.24, 2.45) is 0 Å².